The molecule has 2 aromatic rings. The second kappa shape index (κ2) is 7.45. The third kappa shape index (κ3) is 3.92. The lowest BCUT2D eigenvalue weighted by Gasteiger charge is -2.14. The van der Waals surface area contributed by atoms with Gasteiger partial charge in [-0.2, -0.15) is 0 Å². The van der Waals surface area contributed by atoms with E-state index in [0.717, 1.165) is 19.4 Å². The van der Waals surface area contributed by atoms with Gasteiger partial charge in [-0.05, 0) is 44.1 Å². The van der Waals surface area contributed by atoms with Gasteiger partial charge in [-0.15, -0.1) is 0 Å². The van der Waals surface area contributed by atoms with Crippen LogP contribution in [0.15, 0.2) is 42.6 Å². The lowest BCUT2D eigenvalue weighted by molar-refractivity contribution is 0.0936. The molecule has 5 nitrogen and oxygen atoms in total. The van der Waals surface area contributed by atoms with Gasteiger partial charge in [-0.1, -0.05) is 24.3 Å². The summed E-state index contributed by atoms with van der Waals surface area (Å²) in [7, 11) is 3.98. The Kier molecular flexibility index (Phi) is 5.11. The first-order chi connectivity index (χ1) is 11.6. The van der Waals surface area contributed by atoms with Gasteiger partial charge in [0.05, 0.1) is 11.6 Å². The molecule has 1 aromatic heterocycles. The van der Waals surface area contributed by atoms with Crippen molar-refractivity contribution in [2.75, 3.05) is 27.2 Å². The number of pyridine rings is 1. The molecule has 0 saturated carbocycles. The van der Waals surface area contributed by atoms with Gasteiger partial charge in [0.1, 0.15) is 6.61 Å². The molecule has 0 spiro atoms. The highest BCUT2D eigenvalue weighted by Gasteiger charge is 2.23. The van der Waals surface area contributed by atoms with Crippen molar-refractivity contribution in [2.45, 2.75) is 18.9 Å². The van der Waals surface area contributed by atoms with Crippen molar-refractivity contribution in [1.82, 2.24) is 15.2 Å². The number of rotatable bonds is 6. The minimum Gasteiger partial charge on any atom is -0.476 e. The highest BCUT2D eigenvalue weighted by molar-refractivity contribution is 5.94. The quantitative estimate of drug-likeness (QED) is 0.886. The smallest absolute Gasteiger partial charge is 0.253 e. The minimum atomic E-state index is -0.0935. The second-order valence-corrected chi connectivity index (χ2v) is 6.30. The Bertz CT molecular complexity index is 698. The van der Waals surface area contributed by atoms with Crippen LogP contribution in [0.5, 0.6) is 5.88 Å². The van der Waals surface area contributed by atoms with Gasteiger partial charge in [0.2, 0.25) is 5.88 Å². The Morgan fingerprint density at radius 3 is 2.88 bits per heavy atom. The van der Waals surface area contributed by atoms with E-state index in [1.54, 1.807) is 18.3 Å². The molecule has 0 saturated heterocycles. The maximum Gasteiger partial charge on any atom is 0.253 e. The summed E-state index contributed by atoms with van der Waals surface area (Å²) in [6.07, 6.45) is 3.53. The number of ether oxygens (including phenoxy) is 1. The second-order valence-electron chi connectivity index (χ2n) is 6.30. The van der Waals surface area contributed by atoms with Crippen LogP contribution in [-0.2, 0) is 6.42 Å². The molecular formula is C19H23N3O2. The first kappa shape index (κ1) is 16.5. The number of nitrogens with zero attached hydrogens (tertiary/aromatic N) is 2. The van der Waals surface area contributed by atoms with Crippen LogP contribution in [0.2, 0.25) is 0 Å². The maximum absolute atomic E-state index is 12.4. The lowest BCUT2D eigenvalue weighted by atomic mass is 10.1. The monoisotopic (exact) mass is 325 g/mol. The van der Waals surface area contributed by atoms with Gasteiger partial charge in [-0.3, -0.25) is 4.79 Å². The average Bonchev–Trinajstić information content (AvgIpc) is 2.98. The zero-order valence-corrected chi connectivity index (χ0v) is 14.2. The third-order valence-electron chi connectivity index (χ3n) is 4.23. The molecule has 3 rings (SSSR count). The van der Waals surface area contributed by atoms with Crippen LogP contribution in [0.4, 0.5) is 0 Å². The van der Waals surface area contributed by atoms with Gasteiger partial charge in [0.15, 0.2) is 0 Å². The Morgan fingerprint density at radius 1 is 1.29 bits per heavy atom. The molecule has 24 heavy (non-hydrogen) atoms. The lowest BCUT2D eigenvalue weighted by Crippen LogP contribution is -2.27. The molecule has 1 aliphatic carbocycles. The highest BCUT2D eigenvalue weighted by atomic mass is 16.5. The van der Waals surface area contributed by atoms with Crippen molar-refractivity contribution in [1.29, 1.82) is 0 Å². The number of aryl methyl sites for hydroxylation is 1. The molecule has 0 radical (unpaired) electrons. The van der Waals surface area contributed by atoms with Crippen LogP contribution in [0.3, 0.4) is 0 Å². The summed E-state index contributed by atoms with van der Waals surface area (Å²) in [5, 5.41) is 3.10. The van der Waals surface area contributed by atoms with Crippen LogP contribution >= 0.6 is 0 Å². The van der Waals surface area contributed by atoms with Gasteiger partial charge in [0.25, 0.3) is 5.91 Å². The average molecular weight is 325 g/mol. The number of hydrogen-bond acceptors (Lipinski definition) is 4. The normalized spacial score (nSPS) is 16.0. The molecule has 1 atom stereocenters. The molecule has 1 aliphatic rings. The van der Waals surface area contributed by atoms with Crippen molar-refractivity contribution in [2.24, 2.45) is 0 Å². The molecule has 1 N–H and O–H groups in total. The number of amides is 1. The van der Waals surface area contributed by atoms with Crippen molar-refractivity contribution in [3.8, 4) is 5.88 Å². The maximum atomic E-state index is 12.4. The van der Waals surface area contributed by atoms with Gasteiger partial charge in [-0.25, -0.2) is 4.98 Å². The first-order valence-electron chi connectivity index (χ1n) is 8.26. The summed E-state index contributed by atoms with van der Waals surface area (Å²) >= 11 is 0. The number of benzene rings is 1. The number of carbonyl (C=O) groups excluding carboxylic acids is 1. The Hall–Kier alpha value is -2.40. The number of fused-ring (bicyclic) bond motifs is 1. The van der Waals surface area contributed by atoms with E-state index in [4.69, 9.17) is 4.74 Å². The number of aromatic nitrogens is 1. The predicted octanol–water partition coefficient (Wildman–Crippen LogP) is 2.44. The van der Waals surface area contributed by atoms with Crippen molar-refractivity contribution < 1.29 is 9.53 Å². The van der Waals surface area contributed by atoms with Crippen LogP contribution in [-0.4, -0.2) is 43.0 Å². The van der Waals surface area contributed by atoms with Crippen molar-refractivity contribution >= 4 is 5.91 Å². The number of likely N-dealkylation sites (N-methyl/N-ethyl adjacent to an activating group) is 1. The molecule has 5 heteroatoms. The third-order valence-corrected chi connectivity index (χ3v) is 4.23. The van der Waals surface area contributed by atoms with Gasteiger partial charge in [0, 0.05) is 18.8 Å². The molecule has 126 valence electrons. The van der Waals surface area contributed by atoms with E-state index in [1.165, 1.54) is 11.1 Å². The van der Waals surface area contributed by atoms with Crippen molar-refractivity contribution in [3.63, 3.8) is 0 Å². The van der Waals surface area contributed by atoms with E-state index in [1.807, 2.05) is 31.1 Å². The number of hydrogen-bond donors (Lipinski definition) is 1. The Morgan fingerprint density at radius 2 is 2.12 bits per heavy atom. The molecule has 1 heterocycles. The number of carbonyl (C=O) groups is 1. The van der Waals surface area contributed by atoms with Crippen LogP contribution in [0.25, 0.3) is 0 Å². The van der Waals surface area contributed by atoms with Crippen LogP contribution in [0, 0.1) is 0 Å². The Labute approximate surface area is 142 Å². The van der Waals surface area contributed by atoms with E-state index in [0.29, 0.717) is 18.1 Å². The summed E-state index contributed by atoms with van der Waals surface area (Å²) in [6, 6.07) is 11.9. The van der Waals surface area contributed by atoms with Gasteiger partial charge < -0.3 is 15.0 Å². The number of nitrogens with one attached hydrogen (secondary N) is 1. The van der Waals surface area contributed by atoms with E-state index in [9.17, 15) is 4.79 Å². The van der Waals surface area contributed by atoms with E-state index < -0.39 is 0 Å². The van der Waals surface area contributed by atoms with Crippen LogP contribution in [0.1, 0.15) is 33.9 Å². The van der Waals surface area contributed by atoms with E-state index in [-0.39, 0.29) is 11.9 Å². The summed E-state index contributed by atoms with van der Waals surface area (Å²) in [4.78, 5) is 18.7. The largest absolute Gasteiger partial charge is 0.476 e. The first-order valence-corrected chi connectivity index (χ1v) is 8.26. The van der Waals surface area contributed by atoms with Crippen LogP contribution < -0.4 is 10.1 Å². The zero-order valence-electron chi connectivity index (χ0n) is 14.2. The fourth-order valence-corrected chi connectivity index (χ4v) is 2.88. The summed E-state index contributed by atoms with van der Waals surface area (Å²) in [6.45, 7) is 1.40. The molecule has 0 fully saturated rings. The van der Waals surface area contributed by atoms with Gasteiger partial charge >= 0.3 is 0 Å². The van der Waals surface area contributed by atoms with Crippen molar-refractivity contribution in [3.05, 3.63) is 59.3 Å². The summed E-state index contributed by atoms with van der Waals surface area (Å²) < 4.78 is 5.55. The molecule has 0 bridgehead atoms. The molecule has 1 aromatic carbocycles. The predicted molar refractivity (Wildman–Crippen MR) is 93.3 cm³/mol. The molecule has 1 amide bonds. The van der Waals surface area contributed by atoms with E-state index in [2.05, 4.69) is 22.4 Å². The highest BCUT2D eigenvalue weighted by Crippen LogP contribution is 2.30. The molecular weight excluding hydrogens is 302 g/mol. The molecule has 0 aliphatic heterocycles. The Balaban J connectivity index is 1.58. The zero-order chi connectivity index (χ0) is 16.9. The summed E-state index contributed by atoms with van der Waals surface area (Å²) in [5.74, 6) is 0.448. The minimum absolute atomic E-state index is 0.0877. The summed E-state index contributed by atoms with van der Waals surface area (Å²) in [5.41, 5.74) is 3.10. The standard InChI is InChI=1S/C19H23N3O2/c1-22(2)11-12-24-18-10-8-15(13-20-18)19(23)21-17-9-7-14-5-3-4-6-16(14)17/h3-6,8,10,13,17H,7,9,11-12H2,1-2H3,(H,21,23)/t17-/m1/s1. The topological polar surface area (TPSA) is 54.5 Å². The molecule has 0 unspecified atom stereocenters. The fourth-order valence-electron chi connectivity index (χ4n) is 2.88. The van der Waals surface area contributed by atoms with E-state index >= 15 is 0 Å². The SMILES string of the molecule is CN(C)CCOc1ccc(C(=O)N[C@@H]2CCc3ccccc32)cn1. The fraction of sp³-hybridized carbons (Fsp3) is 0.368.